The number of amides is 1. The number of carbonyl (C=O) groups is 1. The van der Waals surface area contributed by atoms with Crippen molar-refractivity contribution in [2.45, 2.75) is 13.0 Å². The van der Waals surface area contributed by atoms with E-state index in [4.69, 9.17) is 5.10 Å². The third kappa shape index (κ3) is 4.63. The Morgan fingerprint density at radius 1 is 1.10 bits per heavy atom. The highest BCUT2D eigenvalue weighted by atomic mass is 32.1. The van der Waals surface area contributed by atoms with Crippen LogP contribution < -0.4 is 5.32 Å². The van der Waals surface area contributed by atoms with Crippen LogP contribution in [-0.2, 0) is 4.79 Å². The number of para-hydroxylation sites is 1. The Labute approximate surface area is 184 Å². The van der Waals surface area contributed by atoms with Crippen molar-refractivity contribution in [3.63, 3.8) is 0 Å². The molecule has 2 aromatic carbocycles. The summed E-state index contributed by atoms with van der Waals surface area (Å²) in [5.74, 6) is -0.413. The molecule has 0 bridgehead atoms. The standard InChI is InChI=1S/C25H20N4OS/c1-18(19-9-4-2-5-10-19)27-25(30)20(16-26)15-21-17-29(22-11-6-3-7-12-22)28-24(21)23-13-8-14-31-23/h2-15,17-18H,1H3,(H,27,30)/b20-15+/t18-/m1/s1. The second kappa shape index (κ2) is 9.24. The number of nitriles is 1. The van der Waals surface area contributed by atoms with E-state index < -0.39 is 5.91 Å². The molecule has 5 nitrogen and oxygen atoms in total. The molecule has 2 aromatic heterocycles. The van der Waals surface area contributed by atoms with Crippen molar-refractivity contribution in [2.75, 3.05) is 0 Å². The average molecular weight is 425 g/mol. The molecular weight excluding hydrogens is 404 g/mol. The Hall–Kier alpha value is -3.95. The maximum Gasteiger partial charge on any atom is 0.262 e. The fraction of sp³-hybridized carbons (Fsp3) is 0.0800. The van der Waals surface area contributed by atoms with Crippen LogP contribution in [0.5, 0.6) is 0 Å². The zero-order valence-corrected chi connectivity index (χ0v) is 17.7. The third-order valence-corrected chi connectivity index (χ3v) is 5.71. The Balaban J connectivity index is 1.67. The van der Waals surface area contributed by atoms with Crippen LogP contribution in [0.4, 0.5) is 0 Å². The molecule has 0 aliphatic heterocycles. The lowest BCUT2D eigenvalue weighted by Crippen LogP contribution is -2.27. The normalized spacial score (nSPS) is 12.2. The van der Waals surface area contributed by atoms with Gasteiger partial charge in [0.25, 0.3) is 5.91 Å². The van der Waals surface area contributed by atoms with Gasteiger partial charge >= 0.3 is 0 Å². The number of nitrogens with one attached hydrogen (secondary N) is 1. The predicted octanol–water partition coefficient (Wildman–Crippen LogP) is 5.39. The number of rotatable bonds is 6. The molecule has 4 rings (SSSR count). The molecule has 0 saturated heterocycles. The smallest absolute Gasteiger partial charge is 0.262 e. The van der Waals surface area contributed by atoms with E-state index in [9.17, 15) is 10.1 Å². The van der Waals surface area contributed by atoms with Gasteiger partial charge in [0.1, 0.15) is 17.3 Å². The van der Waals surface area contributed by atoms with Crippen LogP contribution in [-0.4, -0.2) is 15.7 Å². The summed E-state index contributed by atoms with van der Waals surface area (Å²) in [5.41, 5.74) is 3.36. The van der Waals surface area contributed by atoms with Crippen LogP contribution in [0.25, 0.3) is 22.3 Å². The lowest BCUT2D eigenvalue weighted by Gasteiger charge is -2.13. The largest absolute Gasteiger partial charge is 0.345 e. The highest BCUT2D eigenvalue weighted by Crippen LogP contribution is 2.29. The third-order valence-electron chi connectivity index (χ3n) is 4.83. The van der Waals surface area contributed by atoms with Gasteiger partial charge in [0.15, 0.2) is 0 Å². The van der Waals surface area contributed by atoms with E-state index in [0.29, 0.717) is 5.56 Å². The second-order valence-electron chi connectivity index (χ2n) is 6.97. The van der Waals surface area contributed by atoms with E-state index >= 15 is 0 Å². The van der Waals surface area contributed by atoms with Gasteiger partial charge in [0, 0.05) is 11.8 Å². The summed E-state index contributed by atoms with van der Waals surface area (Å²) in [6.45, 7) is 1.90. The summed E-state index contributed by atoms with van der Waals surface area (Å²) in [5, 5.41) is 19.3. The quantitative estimate of drug-likeness (QED) is 0.333. The molecule has 6 heteroatoms. The molecule has 4 aromatic rings. The summed E-state index contributed by atoms with van der Waals surface area (Å²) in [4.78, 5) is 13.8. The molecule has 0 unspecified atom stereocenters. The van der Waals surface area contributed by atoms with Gasteiger partial charge in [-0.05, 0) is 42.1 Å². The summed E-state index contributed by atoms with van der Waals surface area (Å²) >= 11 is 1.56. The Morgan fingerprint density at radius 2 is 1.81 bits per heavy atom. The predicted molar refractivity (Wildman–Crippen MR) is 123 cm³/mol. The summed E-state index contributed by atoms with van der Waals surface area (Å²) < 4.78 is 1.76. The number of aromatic nitrogens is 2. The van der Waals surface area contributed by atoms with Crippen molar-refractivity contribution in [2.24, 2.45) is 0 Å². The van der Waals surface area contributed by atoms with E-state index in [1.54, 1.807) is 22.1 Å². The molecule has 2 heterocycles. The minimum Gasteiger partial charge on any atom is -0.345 e. The summed E-state index contributed by atoms with van der Waals surface area (Å²) in [6.07, 6.45) is 3.45. The van der Waals surface area contributed by atoms with Crippen molar-refractivity contribution in [3.05, 3.63) is 101 Å². The van der Waals surface area contributed by atoms with Crippen LogP contribution in [0.1, 0.15) is 24.1 Å². The number of benzene rings is 2. The van der Waals surface area contributed by atoms with Crippen LogP contribution >= 0.6 is 11.3 Å². The molecule has 152 valence electrons. The molecule has 0 spiro atoms. The fourth-order valence-corrected chi connectivity index (χ4v) is 3.95. The fourth-order valence-electron chi connectivity index (χ4n) is 3.21. The molecule has 1 atom stereocenters. The number of nitrogens with zero attached hydrogens (tertiary/aromatic N) is 3. The monoisotopic (exact) mass is 424 g/mol. The molecule has 31 heavy (non-hydrogen) atoms. The van der Waals surface area contributed by atoms with Gasteiger partial charge in [0.05, 0.1) is 16.6 Å². The van der Waals surface area contributed by atoms with Gasteiger partial charge in [-0.15, -0.1) is 11.3 Å². The van der Waals surface area contributed by atoms with Crippen LogP contribution in [0.3, 0.4) is 0 Å². The summed E-state index contributed by atoms with van der Waals surface area (Å²) in [6, 6.07) is 25.2. The molecule has 1 amide bonds. The summed E-state index contributed by atoms with van der Waals surface area (Å²) in [7, 11) is 0. The Kier molecular flexibility index (Phi) is 6.06. The van der Waals surface area contributed by atoms with E-state index in [2.05, 4.69) is 5.32 Å². The maximum absolute atomic E-state index is 12.8. The van der Waals surface area contributed by atoms with E-state index in [0.717, 1.165) is 21.8 Å². The van der Waals surface area contributed by atoms with E-state index in [1.807, 2.05) is 97.4 Å². The molecule has 0 radical (unpaired) electrons. The molecule has 1 N–H and O–H groups in total. The van der Waals surface area contributed by atoms with Gasteiger partial charge in [0.2, 0.25) is 0 Å². The number of hydrogen-bond donors (Lipinski definition) is 1. The zero-order chi connectivity index (χ0) is 21.6. The SMILES string of the molecule is C[C@@H](NC(=O)/C(C#N)=C/c1cn(-c2ccccc2)nc1-c1cccs1)c1ccccc1. The van der Waals surface area contributed by atoms with Crippen molar-refractivity contribution in [3.8, 4) is 22.3 Å². The van der Waals surface area contributed by atoms with Crippen molar-refractivity contribution >= 4 is 23.3 Å². The van der Waals surface area contributed by atoms with E-state index in [1.165, 1.54) is 0 Å². The Bertz CT molecular complexity index is 1240. The highest BCUT2D eigenvalue weighted by Gasteiger charge is 2.17. The molecule has 0 aliphatic rings. The van der Waals surface area contributed by atoms with Crippen LogP contribution in [0.2, 0.25) is 0 Å². The molecule has 0 fully saturated rings. The first kappa shape index (κ1) is 20.3. The van der Waals surface area contributed by atoms with Gasteiger partial charge in [-0.25, -0.2) is 4.68 Å². The van der Waals surface area contributed by atoms with Crippen molar-refractivity contribution in [1.29, 1.82) is 5.26 Å². The topological polar surface area (TPSA) is 70.7 Å². The maximum atomic E-state index is 12.8. The van der Waals surface area contributed by atoms with Crippen LogP contribution in [0.15, 0.2) is 89.9 Å². The lowest BCUT2D eigenvalue weighted by atomic mass is 10.1. The van der Waals surface area contributed by atoms with Gasteiger partial charge in [-0.3, -0.25) is 4.79 Å². The number of carbonyl (C=O) groups excluding carboxylic acids is 1. The molecule has 0 saturated carbocycles. The second-order valence-corrected chi connectivity index (χ2v) is 7.91. The molecular formula is C25H20N4OS. The van der Waals surface area contributed by atoms with E-state index in [-0.39, 0.29) is 11.6 Å². The van der Waals surface area contributed by atoms with Crippen molar-refractivity contribution < 1.29 is 4.79 Å². The minimum atomic E-state index is -0.413. The van der Waals surface area contributed by atoms with Crippen LogP contribution in [0, 0.1) is 11.3 Å². The highest BCUT2D eigenvalue weighted by molar-refractivity contribution is 7.13. The van der Waals surface area contributed by atoms with Crippen molar-refractivity contribution in [1.82, 2.24) is 15.1 Å². The first-order valence-corrected chi connectivity index (χ1v) is 10.7. The first-order valence-electron chi connectivity index (χ1n) is 9.82. The number of thiophene rings is 1. The minimum absolute atomic E-state index is 0.0354. The lowest BCUT2D eigenvalue weighted by molar-refractivity contribution is -0.117. The molecule has 0 aliphatic carbocycles. The average Bonchev–Trinajstić information content (AvgIpc) is 3.48. The van der Waals surface area contributed by atoms with Gasteiger partial charge in [-0.1, -0.05) is 54.6 Å². The Morgan fingerprint density at radius 3 is 2.45 bits per heavy atom. The van der Waals surface area contributed by atoms with Gasteiger partial charge < -0.3 is 5.32 Å². The zero-order valence-electron chi connectivity index (χ0n) is 16.9. The number of hydrogen-bond acceptors (Lipinski definition) is 4. The van der Waals surface area contributed by atoms with Gasteiger partial charge in [-0.2, -0.15) is 10.4 Å². The first-order chi connectivity index (χ1) is 15.2.